The first kappa shape index (κ1) is 8.01. The monoisotopic (exact) mass is 172 g/mol. The number of hydrogen-bond donors (Lipinski definition) is 1. The van der Waals surface area contributed by atoms with Gasteiger partial charge in [0.2, 0.25) is 0 Å². The first-order chi connectivity index (χ1) is 5.74. The molecule has 0 saturated carbocycles. The Morgan fingerprint density at radius 1 is 1.58 bits per heavy atom. The summed E-state index contributed by atoms with van der Waals surface area (Å²) in [5.41, 5.74) is -0.301. The maximum absolute atomic E-state index is 10.8. The summed E-state index contributed by atoms with van der Waals surface area (Å²) < 4.78 is 5.62. The van der Waals surface area contributed by atoms with Crippen LogP contribution in [0.1, 0.15) is 32.1 Å². The third kappa shape index (κ3) is 1.21. The van der Waals surface area contributed by atoms with Crippen molar-refractivity contribution in [3.8, 4) is 0 Å². The van der Waals surface area contributed by atoms with Gasteiger partial charge in [0, 0.05) is 0 Å². The summed E-state index contributed by atoms with van der Waals surface area (Å²) in [5.74, 6) is -0.586. The van der Waals surface area contributed by atoms with Crippen LogP contribution in [0.25, 0.3) is 0 Å². The minimum absolute atomic E-state index is 0.194. The van der Waals surface area contributed by atoms with E-state index in [0.717, 1.165) is 25.7 Å². The van der Waals surface area contributed by atoms with Crippen LogP contribution in [0.4, 0.5) is 0 Å². The van der Waals surface area contributed by atoms with Crippen LogP contribution in [0.15, 0.2) is 0 Å². The molecule has 12 heavy (non-hydrogen) atoms. The molecule has 4 nitrogen and oxygen atoms in total. The van der Waals surface area contributed by atoms with Gasteiger partial charge < -0.3 is 9.62 Å². The van der Waals surface area contributed by atoms with E-state index in [1.807, 2.05) is 0 Å². The quantitative estimate of drug-likeness (QED) is 0.500. The van der Waals surface area contributed by atoms with Gasteiger partial charge in [-0.3, -0.25) is 0 Å². The molecule has 4 heteroatoms. The van der Waals surface area contributed by atoms with E-state index in [0.29, 0.717) is 6.10 Å². The molecule has 1 N–H and O–H groups in total. The summed E-state index contributed by atoms with van der Waals surface area (Å²) in [7, 11) is 0. The van der Waals surface area contributed by atoms with Crippen molar-refractivity contribution in [2.45, 2.75) is 43.8 Å². The third-order valence-electron chi connectivity index (χ3n) is 2.83. The molecule has 2 heterocycles. The van der Waals surface area contributed by atoms with E-state index in [2.05, 4.69) is 4.89 Å². The molecular weight excluding hydrogens is 160 g/mol. The van der Waals surface area contributed by atoms with Crippen molar-refractivity contribution >= 4 is 5.97 Å². The van der Waals surface area contributed by atoms with E-state index >= 15 is 0 Å². The van der Waals surface area contributed by atoms with Gasteiger partial charge in [-0.2, -0.15) is 5.26 Å². The van der Waals surface area contributed by atoms with Crippen molar-refractivity contribution in [2.75, 3.05) is 0 Å². The fraction of sp³-hybridized carbons (Fsp3) is 0.875. The molecule has 2 aliphatic heterocycles. The summed E-state index contributed by atoms with van der Waals surface area (Å²) in [6, 6.07) is 0. The average Bonchev–Trinajstić information content (AvgIpc) is 2.63. The fourth-order valence-corrected chi connectivity index (χ4v) is 2.22. The Balaban J connectivity index is 1.98. The molecule has 2 saturated heterocycles. The standard InChI is InChI=1S/C8H12O4/c9-7(12-10)5-8-3-1-6(11-8)2-4-8/h6,10H,1-5H2. The van der Waals surface area contributed by atoms with E-state index in [1.165, 1.54) is 0 Å². The zero-order valence-electron chi connectivity index (χ0n) is 6.78. The fourth-order valence-electron chi connectivity index (χ4n) is 2.22. The average molecular weight is 172 g/mol. The Kier molecular flexibility index (Phi) is 1.81. The summed E-state index contributed by atoms with van der Waals surface area (Å²) in [4.78, 5) is 14.4. The van der Waals surface area contributed by atoms with Gasteiger partial charge in [0.05, 0.1) is 18.1 Å². The van der Waals surface area contributed by atoms with Gasteiger partial charge in [-0.1, -0.05) is 0 Å². The molecule has 0 atom stereocenters. The molecule has 68 valence electrons. The summed E-state index contributed by atoms with van der Waals surface area (Å²) in [6.45, 7) is 0. The van der Waals surface area contributed by atoms with E-state index in [1.54, 1.807) is 0 Å². The van der Waals surface area contributed by atoms with Crippen LogP contribution in [0.3, 0.4) is 0 Å². The smallest absolute Gasteiger partial charge is 0.344 e. The SMILES string of the molecule is O=C(CC12CCC(CC1)O2)OO. The highest BCUT2D eigenvalue weighted by Crippen LogP contribution is 2.45. The predicted octanol–water partition coefficient (Wildman–Crippen LogP) is 1.10. The minimum Gasteiger partial charge on any atom is -0.371 e. The van der Waals surface area contributed by atoms with Crippen LogP contribution in [0.5, 0.6) is 0 Å². The molecule has 0 spiro atoms. The largest absolute Gasteiger partial charge is 0.371 e. The Morgan fingerprint density at radius 2 is 2.25 bits per heavy atom. The molecule has 0 aliphatic carbocycles. The second kappa shape index (κ2) is 2.71. The summed E-state index contributed by atoms with van der Waals surface area (Å²) in [6.07, 6.45) is 4.47. The second-order valence-electron chi connectivity index (χ2n) is 3.64. The van der Waals surface area contributed by atoms with Gasteiger partial charge in [0.1, 0.15) is 0 Å². The van der Waals surface area contributed by atoms with Crippen LogP contribution in [-0.4, -0.2) is 22.9 Å². The van der Waals surface area contributed by atoms with Gasteiger partial charge in [0.15, 0.2) is 0 Å². The molecule has 2 bridgehead atoms. The lowest BCUT2D eigenvalue weighted by atomic mass is 9.86. The number of hydrogen-bond acceptors (Lipinski definition) is 4. The lowest BCUT2D eigenvalue weighted by molar-refractivity contribution is -0.237. The Labute approximate surface area is 70.4 Å². The first-order valence-corrected chi connectivity index (χ1v) is 4.26. The molecule has 2 aliphatic rings. The van der Waals surface area contributed by atoms with Crippen molar-refractivity contribution < 1.29 is 19.7 Å². The number of ether oxygens (including phenoxy) is 1. The number of rotatable bonds is 2. The Hall–Kier alpha value is -0.610. The zero-order valence-corrected chi connectivity index (χ0v) is 6.78. The van der Waals surface area contributed by atoms with Crippen molar-refractivity contribution in [3.05, 3.63) is 0 Å². The normalized spacial score (nSPS) is 38.6. The van der Waals surface area contributed by atoms with Gasteiger partial charge in [-0.15, -0.1) is 0 Å². The summed E-state index contributed by atoms with van der Waals surface area (Å²) in [5, 5.41) is 8.11. The predicted molar refractivity (Wildman–Crippen MR) is 39.4 cm³/mol. The number of carbonyl (C=O) groups is 1. The van der Waals surface area contributed by atoms with Crippen LogP contribution < -0.4 is 0 Å². The van der Waals surface area contributed by atoms with Gasteiger partial charge >= 0.3 is 5.97 Å². The van der Waals surface area contributed by atoms with Crippen molar-refractivity contribution in [3.63, 3.8) is 0 Å². The van der Waals surface area contributed by atoms with Gasteiger partial charge in [0.25, 0.3) is 0 Å². The molecule has 0 radical (unpaired) electrons. The molecule has 0 unspecified atom stereocenters. The highest BCUT2D eigenvalue weighted by Gasteiger charge is 2.47. The van der Waals surface area contributed by atoms with Gasteiger partial charge in [-0.05, 0) is 25.7 Å². The van der Waals surface area contributed by atoms with Crippen molar-refractivity contribution in [2.24, 2.45) is 0 Å². The van der Waals surface area contributed by atoms with E-state index in [-0.39, 0.29) is 12.0 Å². The molecule has 2 fully saturated rings. The Morgan fingerprint density at radius 3 is 2.67 bits per heavy atom. The van der Waals surface area contributed by atoms with Crippen LogP contribution in [-0.2, 0) is 14.4 Å². The third-order valence-corrected chi connectivity index (χ3v) is 2.83. The van der Waals surface area contributed by atoms with E-state index in [4.69, 9.17) is 9.99 Å². The van der Waals surface area contributed by atoms with Crippen LogP contribution in [0.2, 0.25) is 0 Å². The van der Waals surface area contributed by atoms with E-state index < -0.39 is 5.97 Å². The Bertz CT molecular complexity index is 193. The lowest BCUT2D eigenvalue weighted by Gasteiger charge is -2.21. The molecule has 2 rings (SSSR count). The summed E-state index contributed by atoms with van der Waals surface area (Å²) >= 11 is 0. The maximum atomic E-state index is 10.8. The molecular formula is C8H12O4. The zero-order chi connectivity index (χ0) is 8.60. The molecule has 0 aromatic carbocycles. The van der Waals surface area contributed by atoms with Crippen molar-refractivity contribution in [1.82, 2.24) is 0 Å². The minimum atomic E-state index is -0.586. The first-order valence-electron chi connectivity index (χ1n) is 4.26. The molecule has 0 aromatic rings. The highest BCUT2D eigenvalue weighted by molar-refractivity contribution is 5.70. The van der Waals surface area contributed by atoms with E-state index in [9.17, 15) is 4.79 Å². The van der Waals surface area contributed by atoms with Crippen LogP contribution in [0, 0.1) is 0 Å². The molecule has 0 amide bonds. The maximum Gasteiger partial charge on any atom is 0.344 e. The lowest BCUT2D eigenvalue weighted by Crippen LogP contribution is -2.28. The van der Waals surface area contributed by atoms with Gasteiger partial charge in [-0.25, -0.2) is 4.79 Å². The number of fused-ring (bicyclic) bond motifs is 2. The van der Waals surface area contributed by atoms with Crippen molar-refractivity contribution in [1.29, 1.82) is 0 Å². The van der Waals surface area contributed by atoms with Crippen LogP contribution >= 0.6 is 0 Å². The second-order valence-corrected chi connectivity index (χ2v) is 3.64. The topological polar surface area (TPSA) is 55.8 Å². The molecule has 0 aromatic heterocycles. The highest BCUT2D eigenvalue weighted by atomic mass is 17.1. The number of carbonyl (C=O) groups excluding carboxylic acids is 1.